The van der Waals surface area contributed by atoms with Crippen LogP contribution in [0.3, 0.4) is 0 Å². The Morgan fingerprint density at radius 2 is 2.32 bits per heavy atom. The normalized spacial score (nSPS) is 23.4. The molecular weight excluding hydrogens is 302 g/mol. The lowest BCUT2D eigenvalue weighted by Gasteiger charge is -2.32. The molecule has 3 heterocycles. The van der Waals surface area contributed by atoms with Crippen molar-refractivity contribution in [2.75, 3.05) is 32.4 Å². The summed E-state index contributed by atoms with van der Waals surface area (Å²) in [6.07, 6.45) is 3.76. The van der Waals surface area contributed by atoms with Crippen molar-refractivity contribution < 1.29 is 8.42 Å². The van der Waals surface area contributed by atoms with Gasteiger partial charge in [-0.05, 0) is 37.9 Å². The number of rotatable bonds is 5. The molecule has 0 unspecified atom stereocenters. The van der Waals surface area contributed by atoms with Gasteiger partial charge in [-0.25, -0.2) is 13.1 Å². The van der Waals surface area contributed by atoms with Gasteiger partial charge >= 0.3 is 0 Å². The molecule has 2 aliphatic rings. The fourth-order valence-corrected chi connectivity index (χ4v) is 3.68. The minimum absolute atomic E-state index is 0.269. The van der Waals surface area contributed by atoms with Crippen molar-refractivity contribution in [1.82, 2.24) is 24.7 Å². The van der Waals surface area contributed by atoms with E-state index in [1.807, 2.05) is 10.7 Å². The second-order valence-electron chi connectivity index (χ2n) is 6.39. The van der Waals surface area contributed by atoms with Crippen molar-refractivity contribution in [3.05, 3.63) is 17.5 Å². The second-order valence-corrected chi connectivity index (χ2v) is 8.22. The third-order valence-corrected chi connectivity index (χ3v) is 5.03. The molecule has 0 spiro atoms. The Kier molecular flexibility index (Phi) is 4.82. The molecular formula is C14H25N5O2S. The number of sulfonamides is 1. The van der Waals surface area contributed by atoms with E-state index in [-0.39, 0.29) is 6.54 Å². The lowest BCUT2D eigenvalue weighted by atomic mass is 9.99. The summed E-state index contributed by atoms with van der Waals surface area (Å²) >= 11 is 0. The summed E-state index contributed by atoms with van der Waals surface area (Å²) in [6, 6.07) is 2.02. The van der Waals surface area contributed by atoms with E-state index < -0.39 is 10.0 Å². The maximum Gasteiger partial charge on any atom is 0.209 e. The Morgan fingerprint density at radius 3 is 3.05 bits per heavy atom. The molecule has 2 N–H and O–H groups in total. The predicted octanol–water partition coefficient (Wildman–Crippen LogP) is -0.252. The van der Waals surface area contributed by atoms with Crippen LogP contribution in [0, 0.1) is 5.92 Å². The molecule has 1 fully saturated rings. The zero-order chi connectivity index (χ0) is 15.6. The van der Waals surface area contributed by atoms with E-state index in [1.165, 1.54) is 24.8 Å². The molecule has 0 aromatic carbocycles. The van der Waals surface area contributed by atoms with Gasteiger partial charge in [-0.3, -0.25) is 9.58 Å². The zero-order valence-corrected chi connectivity index (χ0v) is 13.9. The summed E-state index contributed by atoms with van der Waals surface area (Å²) in [6.45, 7) is 6.49. The minimum atomic E-state index is -3.17. The lowest BCUT2D eigenvalue weighted by Crippen LogP contribution is -2.41. The van der Waals surface area contributed by atoms with Crippen molar-refractivity contribution in [3.63, 3.8) is 0 Å². The van der Waals surface area contributed by atoms with Crippen molar-refractivity contribution in [2.24, 2.45) is 5.92 Å². The van der Waals surface area contributed by atoms with Crippen LogP contribution in [0.5, 0.6) is 0 Å². The lowest BCUT2D eigenvalue weighted by molar-refractivity contribution is 0.168. The van der Waals surface area contributed by atoms with Crippen LogP contribution in [0.2, 0.25) is 0 Å². The SMILES string of the molecule is CS(=O)(=O)NCc1cc2n(n1)CCN(C[C@H]1CCCNC1)C2. The number of hydrogen-bond acceptors (Lipinski definition) is 5. The highest BCUT2D eigenvalue weighted by Crippen LogP contribution is 2.18. The third kappa shape index (κ3) is 4.28. The molecule has 1 atom stereocenters. The van der Waals surface area contributed by atoms with Crippen molar-refractivity contribution in [1.29, 1.82) is 0 Å². The number of piperidine rings is 1. The fraction of sp³-hybridized carbons (Fsp3) is 0.786. The first-order chi connectivity index (χ1) is 10.5. The largest absolute Gasteiger partial charge is 0.316 e. The summed E-state index contributed by atoms with van der Waals surface area (Å²) in [5, 5.41) is 7.95. The Morgan fingerprint density at radius 1 is 1.45 bits per heavy atom. The molecule has 8 heteroatoms. The van der Waals surface area contributed by atoms with Gasteiger partial charge < -0.3 is 5.32 Å². The van der Waals surface area contributed by atoms with Crippen LogP contribution < -0.4 is 10.0 Å². The summed E-state index contributed by atoms with van der Waals surface area (Å²) < 4.78 is 26.8. The Labute approximate surface area is 132 Å². The van der Waals surface area contributed by atoms with E-state index in [1.54, 1.807) is 0 Å². The molecule has 2 aliphatic heterocycles. The molecule has 124 valence electrons. The molecule has 0 saturated carbocycles. The van der Waals surface area contributed by atoms with Crippen LogP contribution in [0.25, 0.3) is 0 Å². The molecule has 1 aromatic rings. The molecule has 3 rings (SSSR count). The standard InChI is InChI=1S/C14H25N5O2S/c1-22(20,21)16-9-13-7-14-11-18(5-6-19(14)17-13)10-12-3-2-4-15-8-12/h7,12,15-16H,2-6,8-11H2,1H3/t12-/m0/s1. The van der Waals surface area contributed by atoms with Crippen LogP contribution in [0.15, 0.2) is 6.07 Å². The van der Waals surface area contributed by atoms with E-state index in [0.717, 1.165) is 50.9 Å². The second kappa shape index (κ2) is 6.66. The van der Waals surface area contributed by atoms with E-state index in [2.05, 4.69) is 20.0 Å². The molecule has 0 radical (unpaired) electrons. The summed E-state index contributed by atoms with van der Waals surface area (Å²) in [5.74, 6) is 0.745. The van der Waals surface area contributed by atoms with Crippen LogP contribution in [0.4, 0.5) is 0 Å². The van der Waals surface area contributed by atoms with Gasteiger partial charge in [0.25, 0.3) is 0 Å². The monoisotopic (exact) mass is 327 g/mol. The average Bonchev–Trinajstić information content (AvgIpc) is 2.88. The smallest absolute Gasteiger partial charge is 0.209 e. The number of aromatic nitrogens is 2. The Balaban J connectivity index is 1.57. The maximum atomic E-state index is 11.2. The van der Waals surface area contributed by atoms with E-state index in [9.17, 15) is 8.42 Å². The van der Waals surface area contributed by atoms with Crippen LogP contribution in [-0.4, -0.2) is 55.5 Å². The average molecular weight is 327 g/mol. The fourth-order valence-electron chi connectivity index (χ4n) is 3.27. The number of fused-ring (bicyclic) bond motifs is 1. The molecule has 1 aromatic heterocycles. The van der Waals surface area contributed by atoms with Crippen molar-refractivity contribution in [2.45, 2.75) is 32.5 Å². The summed E-state index contributed by atoms with van der Waals surface area (Å²) in [5.41, 5.74) is 1.97. The molecule has 22 heavy (non-hydrogen) atoms. The van der Waals surface area contributed by atoms with Gasteiger partial charge in [-0.15, -0.1) is 0 Å². The molecule has 0 aliphatic carbocycles. The summed E-state index contributed by atoms with van der Waals surface area (Å²) in [7, 11) is -3.17. The highest BCUT2D eigenvalue weighted by Gasteiger charge is 2.22. The van der Waals surface area contributed by atoms with E-state index in [0.29, 0.717) is 0 Å². The number of hydrogen-bond donors (Lipinski definition) is 2. The highest BCUT2D eigenvalue weighted by molar-refractivity contribution is 7.88. The van der Waals surface area contributed by atoms with Crippen LogP contribution in [0.1, 0.15) is 24.2 Å². The first kappa shape index (κ1) is 15.9. The molecule has 1 saturated heterocycles. The zero-order valence-electron chi connectivity index (χ0n) is 13.1. The Bertz CT molecular complexity index is 607. The van der Waals surface area contributed by atoms with Crippen LogP contribution in [-0.2, 0) is 29.7 Å². The highest BCUT2D eigenvalue weighted by atomic mass is 32.2. The first-order valence-corrected chi connectivity index (χ1v) is 9.82. The number of nitrogens with zero attached hydrogens (tertiary/aromatic N) is 3. The van der Waals surface area contributed by atoms with Gasteiger partial charge in [0.15, 0.2) is 0 Å². The van der Waals surface area contributed by atoms with Crippen molar-refractivity contribution >= 4 is 10.0 Å². The minimum Gasteiger partial charge on any atom is -0.316 e. The quantitative estimate of drug-likeness (QED) is 0.779. The van der Waals surface area contributed by atoms with Gasteiger partial charge in [0.2, 0.25) is 10.0 Å². The number of nitrogens with one attached hydrogen (secondary N) is 2. The van der Waals surface area contributed by atoms with Gasteiger partial charge in [0.1, 0.15) is 0 Å². The van der Waals surface area contributed by atoms with E-state index in [4.69, 9.17) is 0 Å². The van der Waals surface area contributed by atoms with Gasteiger partial charge in [-0.2, -0.15) is 5.10 Å². The maximum absolute atomic E-state index is 11.2. The van der Waals surface area contributed by atoms with Gasteiger partial charge in [0, 0.05) is 19.6 Å². The van der Waals surface area contributed by atoms with Gasteiger partial charge in [0.05, 0.1) is 30.7 Å². The topological polar surface area (TPSA) is 79.3 Å². The van der Waals surface area contributed by atoms with Gasteiger partial charge in [-0.1, -0.05) is 0 Å². The summed E-state index contributed by atoms with van der Waals surface area (Å²) in [4.78, 5) is 2.49. The molecule has 0 bridgehead atoms. The molecule has 0 amide bonds. The third-order valence-electron chi connectivity index (χ3n) is 4.36. The Hall–Kier alpha value is -0.960. The van der Waals surface area contributed by atoms with Crippen molar-refractivity contribution in [3.8, 4) is 0 Å². The first-order valence-electron chi connectivity index (χ1n) is 7.93. The molecule has 7 nitrogen and oxygen atoms in total. The van der Waals surface area contributed by atoms with Crippen LogP contribution >= 0.6 is 0 Å². The predicted molar refractivity (Wildman–Crippen MR) is 84.8 cm³/mol. The van der Waals surface area contributed by atoms with E-state index >= 15 is 0 Å².